The molecule has 0 aliphatic heterocycles. The summed E-state index contributed by atoms with van der Waals surface area (Å²) in [6.07, 6.45) is 6.30. The van der Waals surface area contributed by atoms with Crippen molar-refractivity contribution < 1.29 is 9.36 Å². The lowest BCUT2D eigenvalue weighted by Gasteiger charge is -2.21. The van der Waals surface area contributed by atoms with E-state index in [4.69, 9.17) is 0 Å². The van der Waals surface area contributed by atoms with Crippen LogP contribution in [-0.2, 0) is 13.5 Å². The molecule has 4 nitrogen and oxygen atoms in total. The van der Waals surface area contributed by atoms with Crippen molar-refractivity contribution in [3.8, 4) is 0 Å². The number of aromatic nitrogens is 2. The monoisotopic (exact) mass is 264 g/mol. The Kier molecular flexibility index (Phi) is 3.81. The first-order valence-corrected chi connectivity index (χ1v) is 6.78. The summed E-state index contributed by atoms with van der Waals surface area (Å²) in [7, 11) is 3.75. The number of hydrogen-bond donors (Lipinski definition) is 0. The van der Waals surface area contributed by atoms with E-state index in [2.05, 4.69) is 18.4 Å². The van der Waals surface area contributed by atoms with Gasteiger partial charge in [0.25, 0.3) is 6.33 Å². The van der Waals surface area contributed by atoms with Gasteiger partial charge in [-0.1, -0.05) is 6.07 Å². The van der Waals surface area contributed by atoms with E-state index in [1.807, 2.05) is 30.9 Å². The standard InChI is InChI=1S/C13H18N3OS/c1-11(9-12-5-4-8-18-12)15(3)13(17)16-7-6-14(2)10-16/h4-8,10-11H,9H2,1-3H3/q+1. The van der Waals surface area contributed by atoms with Crippen molar-refractivity contribution in [1.29, 1.82) is 0 Å². The van der Waals surface area contributed by atoms with Crippen LogP contribution in [0.3, 0.4) is 0 Å². The number of aryl methyl sites for hydroxylation is 1. The second-order valence-corrected chi connectivity index (χ2v) is 5.54. The van der Waals surface area contributed by atoms with Crippen molar-refractivity contribution in [2.45, 2.75) is 19.4 Å². The number of imidazole rings is 1. The number of likely N-dealkylation sites (N-methyl/N-ethyl adjacent to an activating group) is 1. The molecule has 1 unspecified atom stereocenters. The van der Waals surface area contributed by atoms with E-state index in [1.165, 1.54) is 4.88 Å². The maximum Gasteiger partial charge on any atom is 0.415 e. The number of carbonyl (C=O) groups excluding carboxylic acids is 1. The van der Waals surface area contributed by atoms with Crippen LogP contribution in [-0.4, -0.2) is 28.6 Å². The average molecular weight is 264 g/mol. The Morgan fingerprint density at radius 1 is 1.61 bits per heavy atom. The molecule has 0 N–H and O–H groups in total. The van der Waals surface area contributed by atoms with Crippen LogP contribution in [0.4, 0.5) is 4.79 Å². The van der Waals surface area contributed by atoms with Crippen molar-refractivity contribution in [3.05, 3.63) is 41.1 Å². The van der Waals surface area contributed by atoms with Crippen LogP contribution in [0.5, 0.6) is 0 Å². The van der Waals surface area contributed by atoms with Crippen LogP contribution < -0.4 is 4.57 Å². The molecule has 2 rings (SSSR count). The van der Waals surface area contributed by atoms with Crippen molar-refractivity contribution in [1.82, 2.24) is 9.47 Å². The zero-order valence-electron chi connectivity index (χ0n) is 10.9. The van der Waals surface area contributed by atoms with E-state index in [0.717, 1.165) is 6.42 Å². The lowest BCUT2D eigenvalue weighted by molar-refractivity contribution is -0.670. The van der Waals surface area contributed by atoms with E-state index < -0.39 is 0 Å². The maximum absolute atomic E-state index is 12.2. The van der Waals surface area contributed by atoms with Crippen molar-refractivity contribution in [2.24, 2.45) is 7.05 Å². The molecular weight excluding hydrogens is 246 g/mol. The van der Waals surface area contributed by atoms with Gasteiger partial charge in [0, 0.05) is 24.4 Å². The molecule has 0 bridgehead atoms. The lowest BCUT2D eigenvalue weighted by Crippen LogP contribution is -2.39. The Bertz CT molecular complexity index is 518. The van der Waals surface area contributed by atoms with Gasteiger partial charge in [0.1, 0.15) is 12.4 Å². The summed E-state index contributed by atoms with van der Waals surface area (Å²) < 4.78 is 3.46. The zero-order valence-corrected chi connectivity index (χ0v) is 11.7. The number of amides is 1. The van der Waals surface area contributed by atoms with Crippen LogP contribution in [0, 0.1) is 0 Å². The molecule has 96 valence electrons. The third-order valence-corrected chi connectivity index (χ3v) is 3.93. The third-order valence-electron chi connectivity index (χ3n) is 3.03. The number of carbonyl (C=O) groups is 1. The van der Waals surface area contributed by atoms with E-state index in [1.54, 1.807) is 33.3 Å². The van der Waals surface area contributed by atoms with Crippen LogP contribution in [0.1, 0.15) is 11.8 Å². The normalized spacial score (nSPS) is 12.4. The molecule has 1 atom stereocenters. The molecular formula is C13H18N3OS+. The number of thiophene rings is 1. The van der Waals surface area contributed by atoms with Gasteiger partial charge >= 0.3 is 6.03 Å². The van der Waals surface area contributed by atoms with Gasteiger partial charge in [-0.2, -0.15) is 4.57 Å². The molecule has 0 aliphatic rings. The van der Waals surface area contributed by atoms with Crippen LogP contribution in [0.25, 0.3) is 0 Å². The third kappa shape index (κ3) is 2.79. The van der Waals surface area contributed by atoms with Crippen molar-refractivity contribution in [3.63, 3.8) is 0 Å². The Morgan fingerprint density at radius 3 is 2.94 bits per heavy atom. The molecule has 5 heteroatoms. The Morgan fingerprint density at radius 2 is 2.39 bits per heavy atom. The maximum atomic E-state index is 12.2. The molecule has 0 fully saturated rings. The second-order valence-electron chi connectivity index (χ2n) is 4.51. The van der Waals surface area contributed by atoms with Gasteiger partial charge < -0.3 is 4.90 Å². The smallest absolute Gasteiger partial charge is 0.304 e. The number of hydrogen-bond acceptors (Lipinski definition) is 2. The van der Waals surface area contributed by atoms with Crippen molar-refractivity contribution >= 4 is 17.4 Å². The van der Waals surface area contributed by atoms with Gasteiger partial charge in [-0.15, -0.1) is 11.3 Å². The van der Waals surface area contributed by atoms with Crippen LogP contribution >= 0.6 is 11.3 Å². The average Bonchev–Trinajstić information content (AvgIpc) is 2.98. The Balaban J connectivity index is 2.02. The van der Waals surface area contributed by atoms with E-state index in [-0.39, 0.29) is 12.1 Å². The largest absolute Gasteiger partial charge is 0.415 e. The first kappa shape index (κ1) is 12.8. The van der Waals surface area contributed by atoms with Gasteiger partial charge in [0.15, 0.2) is 0 Å². The molecule has 0 radical (unpaired) electrons. The number of nitrogens with zero attached hydrogens (tertiary/aromatic N) is 3. The highest BCUT2D eigenvalue weighted by molar-refractivity contribution is 7.09. The fraction of sp³-hybridized carbons (Fsp3) is 0.385. The minimum Gasteiger partial charge on any atom is -0.304 e. The highest BCUT2D eigenvalue weighted by atomic mass is 32.1. The predicted molar refractivity (Wildman–Crippen MR) is 71.7 cm³/mol. The summed E-state index contributed by atoms with van der Waals surface area (Å²) in [5, 5.41) is 2.07. The highest BCUT2D eigenvalue weighted by Crippen LogP contribution is 2.14. The number of rotatable bonds is 3. The van der Waals surface area contributed by atoms with Gasteiger partial charge in [0.05, 0.1) is 7.05 Å². The minimum atomic E-state index is -0.000318. The summed E-state index contributed by atoms with van der Waals surface area (Å²) in [5.74, 6) is 0. The summed E-state index contributed by atoms with van der Waals surface area (Å²) in [4.78, 5) is 15.3. The first-order chi connectivity index (χ1) is 8.58. The molecule has 18 heavy (non-hydrogen) atoms. The summed E-state index contributed by atoms with van der Waals surface area (Å²) in [5.41, 5.74) is 0. The molecule has 0 aliphatic carbocycles. The van der Waals surface area contributed by atoms with E-state index in [0.29, 0.717) is 0 Å². The second kappa shape index (κ2) is 5.35. The van der Waals surface area contributed by atoms with Crippen LogP contribution in [0.15, 0.2) is 36.2 Å². The zero-order chi connectivity index (χ0) is 13.1. The van der Waals surface area contributed by atoms with Gasteiger partial charge in [-0.25, -0.2) is 9.36 Å². The summed E-state index contributed by atoms with van der Waals surface area (Å²) in [6.45, 7) is 2.07. The topological polar surface area (TPSA) is 29.1 Å². The van der Waals surface area contributed by atoms with Crippen LogP contribution in [0.2, 0.25) is 0 Å². The minimum absolute atomic E-state index is 0.000318. The quantitative estimate of drug-likeness (QED) is 0.779. The SMILES string of the molecule is CC(Cc1cccs1)N(C)C(=O)n1cc[n+](C)c1. The Hall–Kier alpha value is -1.62. The fourth-order valence-corrected chi connectivity index (χ4v) is 2.62. The lowest BCUT2D eigenvalue weighted by atomic mass is 10.2. The molecule has 2 heterocycles. The molecule has 2 aromatic rings. The first-order valence-electron chi connectivity index (χ1n) is 5.90. The highest BCUT2D eigenvalue weighted by Gasteiger charge is 2.22. The molecule has 1 amide bonds. The van der Waals surface area contributed by atoms with Crippen molar-refractivity contribution in [2.75, 3.05) is 7.05 Å². The molecule has 0 spiro atoms. The predicted octanol–water partition coefficient (Wildman–Crippen LogP) is 1.91. The van der Waals surface area contributed by atoms with Gasteiger partial charge in [-0.05, 0) is 18.4 Å². The van der Waals surface area contributed by atoms with E-state index >= 15 is 0 Å². The molecule has 2 aromatic heterocycles. The molecule has 0 saturated carbocycles. The summed E-state index contributed by atoms with van der Waals surface area (Å²) in [6, 6.07) is 4.33. The summed E-state index contributed by atoms with van der Waals surface area (Å²) >= 11 is 1.73. The molecule has 0 saturated heterocycles. The van der Waals surface area contributed by atoms with E-state index in [9.17, 15) is 4.79 Å². The van der Waals surface area contributed by atoms with Gasteiger partial charge in [0.2, 0.25) is 0 Å². The molecule has 0 aromatic carbocycles. The van der Waals surface area contributed by atoms with Gasteiger partial charge in [-0.3, -0.25) is 0 Å². The Labute approximate surface area is 111 Å². The fourth-order valence-electron chi connectivity index (χ4n) is 1.79.